The number of nitrogens with zero attached hydrogens (tertiary/aromatic N) is 2. The average Bonchev–Trinajstić information content (AvgIpc) is 2.69. The van der Waals surface area contributed by atoms with Gasteiger partial charge in [0.05, 0.1) is 5.69 Å². The minimum Gasteiger partial charge on any atom is -0.366 e. The Morgan fingerprint density at radius 1 is 1.14 bits per heavy atom. The van der Waals surface area contributed by atoms with Crippen LogP contribution in [0.2, 0.25) is 0 Å². The van der Waals surface area contributed by atoms with Gasteiger partial charge in [0.25, 0.3) is 0 Å². The van der Waals surface area contributed by atoms with E-state index in [0.29, 0.717) is 11.5 Å². The quantitative estimate of drug-likeness (QED) is 0.430. The Morgan fingerprint density at radius 2 is 1.90 bits per heavy atom. The van der Waals surface area contributed by atoms with E-state index in [4.69, 9.17) is 0 Å². The molecule has 1 atom stereocenters. The Balaban J connectivity index is 1.75. The van der Waals surface area contributed by atoms with Gasteiger partial charge in [-0.2, -0.15) is 0 Å². The highest BCUT2D eigenvalue weighted by Gasteiger charge is 2.36. The van der Waals surface area contributed by atoms with Gasteiger partial charge in [-0.3, -0.25) is 4.99 Å². The van der Waals surface area contributed by atoms with Crippen molar-refractivity contribution in [3.05, 3.63) is 71.5 Å². The van der Waals surface area contributed by atoms with E-state index in [0.717, 1.165) is 41.5 Å². The summed E-state index contributed by atoms with van der Waals surface area (Å²) in [5.74, 6) is 0.178. The second-order valence-corrected chi connectivity index (χ2v) is 8.76. The van der Waals surface area contributed by atoms with Crippen molar-refractivity contribution in [1.82, 2.24) is 0 Å². The summed E-state index contributed by atoms with van der Waals surface area (Å²) in [6, 6.07) is 17.9. The van der Waals surface area contributed by atoms with Gasteiger partial charge in [0.2, 0.25) is 0 Å². The molecule has 0 amide bonds. The van der Waals surface area contributed by atoms with Crippen LogP contribution in [0.15, 0.2) is 59.6 Å². The number of benzene rings is 3. The smallest absolute Gasteiger partial charge is 0.134 e. The first-order chi connectivity index (χ1) is 13.9. The Kier molecular flexibility index (Phi) is 5.16. The van der Waals surface area contributed by atoms with Crippen LogP contribution in [0.5, 0.6) is 0 Å². The molecule has 1 unspecified atom stereocenters. The van der Waals surface area contributed by atoms with Gasteiger partial charge in [-0.15, -0.1) is 0 Å². The maximum Gasteiger partial charge on any atom is 0.134 e. The van der Waals surface area contributed by atoms with Gasteiger partial charge in [0.15, 0.2) is 0 Å². The van der Waals surface area contributed by atoms with Crippen LogP contribution in [0.3, 0.4) is 0 Å². The van der Waals surface area contributed by atoms with Crippen LogP contribution in [0.25, 0.3) is 10.8 Å². The second-order valence-electron chi connectivity index (χ2n) is 8.76. The van der Waals surface area contributed by atoms with E-state index < -0.39 is 0 Å². The van der Waals surface area contributed by atoms with Crippen LogP contribution in [0, 0.1) is 5.82 Å². The Hall–Kier alpha value is -2.68. The van der Waals surface area contributed by atoms with Gasteiger partial charge in [-0.1, -0.05) is 50.2 Å². The van der Waals surface area contributed by atoms with E-state index in [2.05, 4.69) is 55.8 Å². The van der Waals surface area contributed by atoms with E-state index >= 15 is 4.39 Å². The van der Waals surface area contributed by atoms with Crippen LogP contribution >= 0.6 is 0 Å². The van der Waals surface area contributed by atoms with Crippen LogP contribution < -0.4 is 4.90 Å². The van der Waals surface area contributed by atoms with Gasteiger partial charge in [-0.05, 0) is 61.8 Å². The molecule has 0 saturated heterocycles. The molecule has 0 aromatic heterocycles. The maximum absolute atomic E-state index is 15.1. The Bertz CT molecular complexity index is 1060. The molecule has 0 aliphatic carbocycles. The number of anilines is 1. The van der Waals surface area contributed by atoms with E-state index in [-0.39, 0.29) is 11.4 Å². The van der Waals surface area contributed by atoms with Crippen molar-refractivity contribution >= 4 is 28.4 Å². The molecule has 0 bridgehead atoms. The molecule has 0 spiro atoms. The van der Waals surface area contributed by atoms with Crippen LogP contribution in [0.4, 0.5) is 15.8 Å². The number of hydrogen-bond donors (Lipinski definition) is 0. The lowest BCUT2D eigenvalue weighted by Gasteiger charge is -2.47. The van der Waals surface area contributed by atoms with Gasteiger partial charge in [0, 0.05) is 34.9 Å². The topological polar surface area (TPSA) is 15.6 Å². The molecule has 2 nitrogen and oxygen atoms in total. The summed E-state index contributed by atoms with van der Waals surface area (Å²) in [6.07, 6.45) is 3.78. The molecule has 1 aliphatic rings. The highest BCUT2D eigenvalue weighted by molar-refractivity contribution is 5.95. The van der Waals surface area contributed by atoms with Crippen molar-refractivity contribution in [3.8, 4) is 0 Å². The molecule has 4 rings (SSSR count). The molecule has 0 saturated carbocycles. The number of hydrogen-bond acceptors (Lipinski definition) is 2. The first-order valence-electron chi connectivity index (χ1n) is 10.5. The molecule has 1 heterocycles. The van der Waals surface area contributed by atoms with Gasteiger partial charge in [-0.25, -0.2) is 4.39 Å². The van der Waals surface area contributed by atoms with Gasteiger partial charge >= 0.3 is 0 Å². The summed E-state index contributed by atoms with van der Waals surface area (Å²) in [7, 11) is 0. The lowest BCUT2D eigenvalue weighted by Crippen LogP contribution is -2.48. The predicted molar refractivity (Wildman–Crippen MR) is 122 cm³/mol. The lowest BCUT2D eigenvalue weighted by molar-refractivity contribution is 0.375. The number of halogens is 1. The van der Waals surface area contributed by atoms with Crippen molar-refractivity contribution < 1.29 is 4.39 Å². The Labute approximate surface area is 173 Å². The molecule has 0 N–H and O–H groups in total. The third kappa shape index (κ3) is 3.66. The molecule has 0 radical (unpaired) electrons. The second kappa shape index (κ2) is 7.62. The molecule has 29 heavy (non-hydrogen) atoms. The van der Waals surface area contributed by atoms with Crippen molar-refractivity contribution in [3.63, 3.8) is 0 Å². The van der Waals surface area contributed by atoms with Gasteiger partial charge < -0.3 is 4.90 Å². The zero-order valence-electron chi connectivity index (χ0n) is 17.7. The number of fused-ring (bicyclic) bond motifs is 2. The van der Waals surface area contributed by atoms with Gasteiger partial charge in [0.1, 0.15) is 5.82 Å². The third-order valence-corrected chi connectivity index (χ3v) is 6.06. The number of rotatable bonds is 4. The highest BCUT2D eigenvalue weighted by atomic mass is 19.1. The standard InChI is InChI=1S/C26H29FN2/c1-5-13-29-25-15-23(27)20(14-22(25)18(2)16-26(29,3)4)17-28-24-12-8-10-19-9-6-7-11-21(19)24/h6-12,14-15,17-18H,5,13,16H2,1-4H3. The van der Waals surface area contributed by atoms with Crippen molar-refractivity contribution in [2.45, 2.75) is 52.0 Å². The molecule has 150 valence electrons. The van der Waals surface area contributed by atoms with E-state index in [1.807, 2.05) is 30.3 Å². The molecule has 3 aromatic rings. The fourth-order valence-corrected chi connectivity index (χ4v) is 4.73. The van der Waals surface area contributed by atoms with Crippen LogP contribution in [0.1, 0.15) is 57.6 Å². The maximum atomic E-state index is 15.1. The Morgan fingerprint density at radius 3 is 2.69 bits per heavy atom. The fraction of sp³-hybridized carbons (Fsp3) is 0.346. The average molecular weight is 389 g/mol. The SMILES string of the molecule is CCCN1c2cc(F)c(C=Nc3cccc4ccccc34)cc2C(C)CC1(C)C. The zero-order chi connectivity index (χ0) is 20.6. The van der Waals surface area contributed by atoms with Crippen LogP contribution in [-0.4, -0.2) is 18.3 Å². The fourth-order valence-electron chi connectivity index (χ4n) is 4.73. The molecule has 3 aromatic carbocycles. The lowest BCUT2D eigenvalue weighted by atomic mass is 9.79. The van der Waals surface area contributed by atoms with E-state index in [1.165, 1.54) is 5.56 Å². The molecule has 0 fully saturated rings. The summed E-state index contributed by atoms with van der Waals surface area (Å²) in [6.45, 7) is 9.88. The first-order valence-corrected chi connectivity index (χ1v) is 10.5. The summed E-state index contributed by atoms with van der Waals surface area (Å²) in [4.78, 5) is 7.02. The van der Waals surface area contributed by atoms with Crippen molar-refractivity contribution in [1.29, 1.82) is 0 Å². The monoisotopic (exact) mass is 388 g/mol. The van der Waals surface area contributed by atoms with E-state index in [9.17, 15) is 0 Å². The summed E-state index contributed by atoms with van der Waals surface area (Å²) in [5, 5.41) is 2.22. The summed E-state index contributed by atoms with van der Waals surface area (Å²) >= 11 is 0. The third-order valence-electron chi connectivity index (χ3n) is 6.06. The molecule has 3 heteroatoms. The zero-order valence-corrected chi connectivity index (χ0v) is 17.7. The van der Waals surface area contributed by atoms with Crippen molar-refractivity contribution in [2.24, 2.45) is 4.99 Å². The molecule has 1 aliphatic heterocycles. The molecular weight excluding hydrogens is 359 g/mol. The van der Waals surface area contributed by atoms with Crippen molar-refractivity contribution in [2.75, 3.05) is 11.4 Å². The minimum atomic E-state index is -0.210. The normalized spacial score (nSPS) is 18.4. The highest BCUT2D eigenvalue weighted by Crippen LogP contribution is 2.44. The largest absolute Gasteiger partial charge is 0.366 e. The van der Waals surface area contributed by atoms with E-state index in [1.54, 1.807) is 12.3 Å². The first kappa shape index (κ1) is 19.6. The predicted octanol–water partition coefficient (Wildman–Crippen LogP) is 7.23. The summed E-state index contributed by atoms with van der Waals surface area (Å²) in [5.41, 5.74) is 3.71. The minimum absolute atomic E-state index is 0.0351. The number of aliphatic imine (C=N–C) groups is 1. The summed E-state index contributed by atoms with van der Waals surface area (Å²) < 4.78 is 15.1. The van der Waals surface area contributed by atoms with Crippen LogP contribution in [-0.2, 0) is 0 Å². The molecular formula is C26H29FN2.